The Morgan fingerprint density at radius 3 is 0.873 bits per heavy atom. The van der Waals surface area contributed by atoms with Gasteiger partial charge in [0.05, 0.1) is 0 Å². The molecule has 1 atom stereocenters. The van der Waals surface area contributed by atoms with Crippen LogP contribution in [0.2, 0.25) is 0 Å². The maximum absolute atomic E-state index is 12.9. The molecule has 0 saturated carbocycles. The van der Waals surface area contributed by atoms with E-state index < -0.39 is 6.10 Å². The minimum absolute atomic E-state index is 0.0791. The summed E-state index contributed by atoms with van der Waals surface area (Å²) in [5.74, 6) is -0.888. The molecule has 0 radical (unpaired) electrons. The summed E-state index contributed by atoms with van der Waals surface area (Å²) in [6.07, 6.45) is 75.0. The molecule has 0 bridgehead atoms. The van der Waals surface area contributed by atoms with Crippen LogP contribution < -0.4 is 0 Å². The quantitative estimate of drug-likeness (QED) is 0.0261. The van der Waals surface area contributed by atoms with Crippen molar-refractivity contribution in [3.8, 4) is 0 Å². The van der Waals surface area contributed by atoms with Crippen LogP contribution in [0, 0.1) is 0 Å². The van der Waals surface area contributed by atoms with E-state index in [9.17, 15) is 14.4 Å². The largest absolute Gasteiger partial charge is 0.462 e. The first kappa shape index (κ1) is 68.1. The van der Waals surface area contributed by atoms with Crippen molar-refractivity contribution in [3.63, 3.8) is 0 Å². The second kappa shape index (κ2) is 59.7. The van der Waals surface area contributed by atoms with Crippen LogP contribution in [-0.2, 0) is 28.6 Å². The van der Waals surface area contributed by atoms with E-state index in [1.165, 1.54) is 180 Å². The van der Waals surface area contributed by atoms with Crippen LogP contribution in [0.1, 0.15) is 316 Å². The summed E-state index contributed by atoms with van der Waals surface area (Å²) in [7, 11) is 0. The fraction of sp³-hybridized carbons (Fsp3) is 0.800. The van der Waals surface area contributed by atoms with E-state index in [2.05, 4.69) is 81.5 Å². The first-order valence-electron chi connectivity index (χ1n) is 30.8. The predicted octanol–water partition coefficient (Wildman–Crippen LogP) is 20.8. The van der Waals surface area contributed by atoms with E-state index in [4.69, 9.17) is 14.2 Å². The molecule has 0 heterocycles. The Kier molecular flexibility index (Phi) is 57.2. The lowest BCUT2D eigenvalue weighted by atomic mass is 10.0. The van der Waals surface area contributed by atoms with Gasteiger partial charge in [-0.05, 0) is 83.5 Å². The van der Waals surface area contributed by atoms with E-state index in [1.807, 2.05) is 0 Å². The standard InChI is InChI=1S/C65H116O6/c1-4-7-10-13-16-19-22-25-28-30-31-32-33-35-38-41-44-47-50-53-56-59-65(68)71-62(60-69-63(66)57-54-51-48-45-42-39-36-27-24-21-18-15-12-9-6-3)61-70-64(67)58-55-52-49-46-43-40-37-34-29-26-23-20-17-14-11-8-5-2/h8,11,17,20,25-26,28-29,37,40,62H,4-7,9-10,12-16,18-19,21-24,27,30-36,38-39,41-61H2,1-3H3/b11-8-,20-17-,28-25-,29-26-,40-37-/t62-/m0/s1. The van der Waals surface area contributed by atoms with Gasteiger partial charge in [-0.25, -0.2) is 0 Å². The van der Waals surface area contributed by atoms with Crippen molar-refractivity contribution >= 4 is 17.9 Å². The number of ether oxygens (including phenoxy) is 3. The molecule has 0 N–H and O–H groups in total. The minimum atomic E-state index is -0.783. The van der Waals surface area contributed by atoms with Crippen LogP contribution in [0.4, 0.5) is 0 Å². The molecule has 6 heteroatoms. The van der Waals surface area contributed by atoms with Crippen molar-refractivity contribution in [1.29, 1.82) is 0 Å². The minimum Gasteiger partial charge on any atom is -0.462 e. The fourth-order valence-corrected chi connectivity index (χ4v) is 8.90. The third kappa shape index (κ3) is 57.9. The van der Waals surface area contributed by atoms with Crippen molar-refractivity contribution in [2.45, 2.75) is 322 Å². The zero-order chi connectivity index (χ0) is 51.4. The van der Waals surface area contributed by atoms with Crippen LogP contribution in [0.3, 0.4) is 0 Å². The van der Waals surface area contributed by atoms with Crippen LogP contribution >= 0.6 is 0 Å². The molecule has 0 fully saturated rings. The second-order valence-corrected chi connectivity index (χ2v) is 20.6. The van der Waals surface area contributed by atoms with Crippen LogP contribution in [0.5, 0.6) is 0 Å². The molecule has 0 aromatic rings. The SMILES string of the molecule is CC/C=C\C/C=C\C/C=C\C/C=C\CCCCCCC(=O)OC[C@H](COC(=O)CCCCCCCCCCCCCCCCC)OC(=O)CCCCCCCCCCCCC/C=C\CCCCCCCC. The lowest BCUT2D eigenvalue weighted by Crippen LogP contribution is -2.30. The lowest BCUT2D eigenvalue weighted by Gasteiger charge is -2.18. The molecular formula is C65H116O6. The number of carbonyl (C=O) groups is 3. The zero-order valence-electron chi connectivity index (χ0n) is 47.2. The van der Waals surface area contributed by atoms with Gasteiger partial charge in [0.1, 0.15) is 13.2 Å². The molecule has 0 saturated heterocycles. The van der Waals surface area contributed by atoms with Gasteiger partial charge in [0.15, 0.2) is 6.10 Å². The molecule has 0 aromatic carbocycles. The Hall–Kier alpha value is -2.89. The number of hydrogen-bond donors (Lipinski definition) is 0. The molecule has 0 unspecified atom stereocenters. The van der Waals surface area contributed by atoms with Gasteiger partial charge in [-0.1, -0.05) is 274 Å². The number of esters is 3. The highest BCUT2D eigenvalue weighted by Gasteiger charge is 2.19. The van der Waals surface area contributed by atoms with E-state index in [0.717, 1.165) is 96.3 Å². The Balaban J connectivity index is 4.37. The van der Waals surface area contributed by atoms with Gasteiger partial charge in [0.2, 0.25) is 0 Å². The lowest BCUT2D eigenvalue weighted by molar-refractivity contribution is -0.167. The number of rotatable bonds is 56. The maximum Gasteiger partial charge on any atom is 0.306 e. The molecule has 0 aliphatic rings. The zero-order valence-corrected chi connectivity index (χ0v) is 47.2. The summed E-state index contributed by atoms with van der Waals surface area (Å²) in [6, 6.07) is 0. The smallest absolute Gasteiger partial charge is 0.306 e. The summed E-state index contributed by atoms with van der Waals surface area (Å²) in [5.41, 5.74) is 0. The summed E-state index contributed by atoms with van der Waals surface area (Å²) in [6.45, 7) is 6.54. The Morgan fingerprint density at radius 1 is 0.296 bits per heavy atom. The topological polar surface area (TPSA) is 78.9 Å². The number of allylic oxidation sites excluding steroid dienone is 10. The Labute approximate surface area is 440 Å². The molecule has 0 aromatic heterocycles. The Morgan fingerprint density at radius 2 is 0.549 bits per heavy atom. The molecular weight excluding hydrogens is 877 g/mol. The van der Waals surface area contributed by atoms with Crippen LogP contribution in [0.25, 0.3) is 0 Å². The molecule has 0 spiro atoms. The van der Waals surface area contributed by atoms with Crippen molar-refractivity contribution in [1.82, 2.24) is 0 Å². The third-order valence-electron chi connectivity index (χ3n) is 13.5. The van der Waals surface area contributed by atoms with E-state index in [-0.39, 0.29) is 31.1 Å². The average molecular weight is 994 g/mol. The van der Waals surface area contributed by atoms with Crippen molar-refractivity contribution in [2.75, 3.05) is 13.2 Å². The fourth-order valence-electron chi connectivity index (χ4n) is 8.90. The van der Waals surface area contributed by atoms with E-state index >= 15 is 0 Å². The van der Waals surface area contributed by atoms with Crippen LogP contribution in [0.15, 0.2) is 60.8 Å². The molecule has 0 amide bonds. The monoisotopic (exact) mass is 993 g/mol. The molecule has 0 rings (SSSR count). The van der Waals surface area contributed by atoms with E-state index in [1.54, 1.807) is 0 Å². The van der Waals surface area contributed by atoms with Gasteiger partial charge < -0.3 is 14.2 Å². The van der Waals surface area contributed by atoms with Gasteiger partial charge in [-0.15, -0.1) is 0 Å². The summed E-state index contributed by atoms with van der Waals surface area (Å²) < 4.78 is 16.9. The first-order chi connectivity index (χ1) is 35.0. The van der Waals surface area contributed by atoms with Crippen molar-refractivity contribution in [2.24, 2.45) is 0 Å². The van der Waals surface area contributed by atoms with E-state index in [0.29, 0.717) is 19.3 Å². The Bertz CT molecular complexity index is 1280. The molecule has 0 aliphatic heterocycles. The highest BCUT2D eigenvalue weighted by Crippen LogP contribution is 2.17. The number of hydrogen-bond acceptors (Lipinski definition) is 6. The summed E-state index contributed by atoms with van der Waals surface area (Å²) >= 11 is 0. The summed E-state index contributed by atoms with van der Waals surface area (Å²) in [4.78, 5) is 38.3. The summed E-state index contributed by atoms with van der Waals surface area (Å²) in [5, 5.41) is 0. The molecule has 412 valence electrons. The van der Waals surface area contributed by atoms with Gasteiger partial charge >= 0.3 is 17.9 Å². The second-order valence-electron chi connectivity index (χ2n) is 20.6. The number of carbonyl (C=O) groups excluding carboxylic acids is 3. The highest BCUT2D eigenvalue weighted by atomic mass is 16.6. The van der Waals surface area contributed by atoms with Gasteiger partial charge in [0, 0.05) is 19.3 Å². The van der Waals surface area contributed by atoms with Gasteiger partial charge in [-0.3, -0.25) is 14.4 Å². The average Bonchev–Trinajstić information content (AvgIpc) is 3.37. The molecule has 71 heavy (non-hydrogen) atoms. The van der Waals surface area contributed by atoms with Gasteiger partial charge in [-0.2, -0.15) is 0 Å². The van der Waals surface area contributed by atoms with Crippen LogP contribution in [-0.4, -0.2) is 37.2 Å². The van der Waals surface area contributed by atoms with Crippen molar-refractivity contribution in [3.05, 3.63) is 60.8 Å². The van der Waals surface area contributed by atoms with Gasteiger partial charge in [0.25, 0.3) is 0 Å². The first-order valence-corrected chi connectivity index (χ1v) is 30.8. The normalized spacial score (nSPS) is 12.4. The third-order valence-corrected chi connectivity index (χ3v) is 13.5. The molecule has 6 nitrogen and oxygen atoms in total. The van der Waals surface area contributed by atoms with Crippen molar-refractivity contribution < 1.29 is 28.6 Å². The highest BCUT2D eigenvalue weighted by molar-refractivity contribution is 5.71. The maximum atomic E-state index is 12.9. The predicted molar refractivity (Wildman–Crippen MR) is 307 cm³/mol. The molecule has 0 aliphatic carbocycles. The number of unbranched alkanes of at least 4 members (excludes halogenated alkanes) is 35.